The van der Waals surface area contributed by atoms with Gasteiger partial charge in [-0.2, -0.15) is 4.72 Å². The average molecular weight is 387 g/mol. The number of aliphatic hydroxyl groups excluding tert-OH is 1. The van der Waals surface area contributed by atoms with Crippen LogP contribution in [0.5, 0.6) is 0 Å². The van der Waals surface area contributed by atoms with Crippen molar-refractivity contribution in [2.75, 3.05) is 0 Å². The number of benzene rings is 1. The van der Waals surface area contributed by atoms with E-state index in [0.29, 0.717) is 47.2 Å². The Morgan fingerprint density at radius 2 is 2.07 bits per heavy atom. The lowest BCUT2D eigenvalue weighted by Gasteiger charge is -2.33. The topological polar surface area (TPSA) is 105 Å². The number of pyridine rings is 1. The molecule has 2 atom stereocenters. The Balaban J connectivity index is 1.87. The molecule has 0 unspecified atom stereocenters. The van der Waals surface area contributed by atoms with E-state index in [-0.39, 0.29) is 4.90 Å². The van der Waals surface area contributed by atoms with Crippen LogP contribution in [-0.4, -0.2) is 29.8 Å². The van der Waals surface area contributed by atoms with Gasteiger partial charge in [-0.15, -0.1) is 0 Å². The van der Waals surface area contributed by atoms with Gasteiger partial charge in [0, 0.05) is 17.1 Å². The molecule has 0 saturated heterocycles. The number of fused-ring (bicyclic) bond motifs is 1. The van der Waals surface area contributed by atoms with E-state index in [0.717, 1.165) is 0 Å². The molecular weight excluding hydrogens is 366 g/mol. The zero-order chi connectivity index (χ0) is 19.2. The van der Waals surface area contributed by atoms with Crippen molar-refractivity contribution in [3.8, 4) is 0 Å². The molecule has 2 aromatic heterocycles. The quantitative estimate of drug-likeness (QED) is 0.713. The highest BCUT2D eigenvalue weighted by molar-refractivity contribution is 7.89. The lowest BCUT2D eigenvalue weighted by molar-refractivity contribution is 0.0974. The van der Waals surface area contributed by atoms with Crippen LogP contribution in [0.2, 0.25) is 0 Å². The Kier molecular flexibility index (Phi) is 4.29. The number of aliphatic hydroxyl groups is 1. The number of aryl methyl sites for hydroxylation is 2. The van der Waals surface area contributed by atoms with Crippen LogP contribution in [0.1, 0.15) is 36.3 Å². The van der Waals surface area contributed by atoms with Gasteiger partial charge in [0.25, 0.3) is 0 Å². The van der Waals surface area contributed by atoms with Crippen LogP contribution >= 0.6 is 0 Å². The van der Waals surface area contributed by atoms with Crippen molar-refractivity contribution in [3.63, 3.8) is 0 Å². The highest BCUT2D eigenvalue weighted by Crippen LogP contribution is 2.43. The maximum atomic E-state index is 13.4. The van der Waals surface area contributed by atoms with Crippen LogP contribution in [-0.2, 0) is 15.6 Å². The summed E-state index contributed by atoms with van der Waals surface area (Å²) in [4.78, 5) is 4.37. The third-order valence-electron chi connectivity index (χ3n) is 5.31. The number of rotatable bonds is 4. The zero-order valence-corrected chi connectivity index (χ0v) is 16.0. The van der Waals surface area contributed by atoms with Gasteiger partial charge in [-0.05, 0) is 57.4 Å². The molecule has 0 bridgehead atoms. The summed E-state index contributed by atoms with van der Waals surface area (Å²) < 4.78 is 34.8. The third-order valence-corrected chi connectivity index (χ3v) is 6.88. The summed E-state index contributed by atoms with van der Waals surface area (Å²) in [6.45, 7) is 3.49. The SMILES string of the molecule is Cc1noc(C)c1[C@]1(NS(=O)(=O)c2cccc3ncccc23)CCC[C@@H]1O. The molecule has 27 heavy (non-hydrogen) atoms. The fraction of sp³-hybridized carbons (Fsp3) is 0.368. The van der Waals surface area contributed by atoms with Gasteiger partial charge in [0.05, 0.1) is 27.7 Å². The van der Waals surface area contributed by atoms with E-state index in [4.69, 9.17) is 4.52 Å². The van der Waals surface area contributed by atoms with Crippen LogP contribution in [0.4, 0.5) is 0 Å². The molecule has 7 nitrogen and oxygen atoms in total. The summed E-state index contributed by atoms with van der Waals surface area (Å²) in [6, 6.07) is 8.41. The third kappa shape index (κ3) is 2.84. The minimum absolute atomic E-state index is 0.137. The van der Waals surface area contributed by atoms with Crippen molar-refractivity contribution < 1.29 is 18.0 Å². The Bertz CT molecular complexity index is 1080. The number of hydrogen-bond acceptors (Lipinski definition) is 6. The average Bonchev–Trinajstić information content (AvgIpc) is 3.16. The number of aromatic nitrogens is 2. The lowest BCUT2D eigenvalue weighted by atomic mass is 9.86. The Morgan fingerprint density at radius 3 is 2.74 bits per heavy atom. The molecule has 1 aliphatic rings. The molecular formula is C19H21N3O4S. The molecule has 1 fully saturated rings. The maximum absolute atomic E-state index is 13.4. The molecule has 2 heterocycles. The minimum atomic E-state index is -3.94. The van der Waals surface area contributed by atoms with Crippen molar-refractivity contribution in [2.45, 2.75) is 49.6 Å². The maximum Gasteiger partial charge on any atom is 0.242 e. The molecule has 1 saturated carbocycles. The molecule has 0 radical (unpaired) electrons. The second kappa shape index (κ2) is 6.40. The summed E-state index contributed by atoms with van der Waals surface area (Å²) >= 11 is 0. The Morgan fingerprint density at radius 1 is 1.26 bits per heavy atom. The summed E-state index contributed by atoms with van der Waals surface area (Å²) in [6.07, 6.45) is 2.43. The first-order chi connectivity index (χ1) is 12.8. The van der Waals surface area contributed by atoms with Crippen molar-refractivity contribution in [1.82, 2.24) is 14.9 Å². The van der Waals surface area contributed by atoms with E-state index in [2.05, 4.69) is 14.9 Å². The van der Waals surface area contributed by atoms with Crippen LogP contribution in [0.25, 0.3) is 10.9 Å². The van der Waals surface area contributed by atoms with E-state index in [9.17, 15) is 13.5 Å². The van der Waals surface area contributed by atoms with Gasteiger partial charge in [-0.3, -0.25) is 4.98 Å². The van der Waals surface area contributed by atoms with Crippen LogP contribution in [0.3, 0.4) is 0 Å². The van der Waals surface area contributed by atoms with E-state index >= 15 is 0 Å². The molecule has 0 amide bonds. The van der Waals surface area contributed by atoms with Gasteiger partial charge in [-0.25, -0.2) is 8.42 Å². The summed E-state index contributed by atoms with van der Waals surface area (Å²) in [7, 11) is -3.94. The fourth-order valence-electron chi connectivity index (χ4n) is 4.17. The summed E-state index contributed by atoms with van der Waals surface area (Å²) in [5.41, 5.74) is 0.640. The van der Waals surface area contributed by atoms with Gasteiger partial charge < -0.3 is 9.63 Å². The van der Waals surface area contributed by atoms with Crippen LogP contribution in [0, 0.1) is 13.8 Å². The molecule has 142 valence electrons. The standard InChI is InChI=1S/C19H21N3O4S/c1-12-18(13(2)26-21-12)19(10-4-9-17(19)23)22-27(24,25)16-8-3-7-15-14(16)6-5-11-20-15/h3,5-8,11,17,22-23H,4,9-10H2,1-2H3/t17-,19-/m0/s1. The van der Waals surface area contributed by atoms with E-state index in [1.54, 1.807) is 50.4 Å². The normalized spacial score (nSPS) is 23.1. The van der Waals surface area contributed by atoms with E-state index in [1.165, 1.54) is 0 Å². The van der Waals surface area contributed by atoms with Crippen molar-refractivity contribution >= 4 is 20.9 Å². The minimum Gasteiger partial charge on any atom is -0.391 e. The summed E-state index contributed by atoms with van der Waals surface area (Å²) in [5.74, 6) is 0.510. The molecule has 8 heteroatoms. The number of sulfonamides is 1. The number of nitrogens with zero attached hydrogens (tertiary/aromatic N) is 2. The number of hydrogen-bond donors (Lipinski definition) is 2. The van der Waals surface area contributed by atoms with Crippen LogP contribution < -0.4 is 4.72 Å². The van der Waals surface area contributed by atoms with Crippen molar-refractivity contribution in [2.24, 2.45) is 0 Å². The fourth-order valence-corrected chi connectivity index (χ4v) is 5.82. The van der Waals surface area contributed by atoms with E-state index in [1.807, 2.05) is 0 Å². The second-order valence-corrected chi connectivity index (χ2v) is 8.66. The van der Waals surface area contributed by atoms with Gasteiger partial charge in [0.2, 0.25) is 10.0 Å². The van der Waals surface area contributed by atoms with Gasteiger partial charge in [0.15, 0.2) is 0 Å². The molecule has 1 aliphatic carbocycles. The number of nitrogens with one attached hydrogen (secondary N) is 1. The Labute approximate surface area is 157 Å². The monoisotopic (exact) mass is 387 g/mol. The predicted octanol–water partition coefficient (Wildman–Crippen LogP) is 2.56. The molecule has 0 spiro atoms. The predicted molar refractivity (Wildman–Crippen MR) is 99.6 cm³/mol. The highest BCUT2D eigenvalue weighted by Gasteiger charge is 2.49. The first-order valence-electron chi connectivity index (χ1n) is 8.84. The second-order valence-electron chi connectivity index (χ2n) is 7.01. The smallest absolute Gasteiger partial charge is 0.242 e. The highest BCUT2D eigenvalue weighted by atomic mass is 32.2. The lowest BCUT2D eigenvalue weighted by Crippen LogP contribution is -2.51. The van der Waals surface area contributed by atoms with E-state index < -0.39 is 21.7 Å². The van der Waals surface area contributed by atoms with Crippen molar-refractivity contribution in [3.05, 3.63) is 53.5 Å². The molecule has 2 N–H and O–H groups in total. The largest absolute Gasteiger partial charge is 0.391 e. The summed E-state index contributed by atoms with van der Waals surface area (Å²) in [5, 5.41) is 15.3. The van der Waals surface area contributed by atoms with Gasteiger partial charge in [-0.1, -0.05) is 11.2 Å². The molecule has 3 aromatic rings. The molecule has 4 rings (SSSR count). The molecule has 1 aromatic carbocycles. The Hall–Kier alpha value is -2.29. The first kappa shape index (κ1) is 18.1. The molecule has 0 aliphatic heterocycles. The zero-order valence-electron chi connectivity index (χ0n) is 15.1. The first-order valence-corrected chi connectivity index (χ1v) is 10.3. The van der Waals surface area contributed by atoms with Gasteiger partial charge >= 0.3 is 0 Å². The van der Waals surface area contributed by atoms with Crippen LogP contribution in [0.15, 0.2) is 45.9 Å². The van der Waals surface area contributed by atoms with Gasteiger partial charge in [0.1, 0.15) is 5.76 Å². The van der Waals surface area contributed by atoms with Crippen molar-refractivity contribution in [1.29, 1.82) is 0 Å².